The van der Waals surface area contributed by atoms with Gasteiger partial charge in [-0.05, 0) is 55.5 Å². The Kier molecular flexibility index (Phi) is 3.11. The Bertz CT molecular complexity index is 569. The number of aromatic amines is 1. The maximum Gasteiger partial charge on any atom is 0.339 e. The number of H-pyrrole nitrogens is 1. The summed E-state index contributed by atoms with van der Waals surface area (Å²) in [5.74, 6) is -0.317. The number of rotatable bonds is 1. The zero-order valence-corrected chi connectivity index (χ0v) is 12.0. The van der Waals surface area contributed by atoms with E-state index in [1.807, 2.05) is 26.8 Å². The first kappa shape index (κ1) is 12.3. The highest BCUT2D eigenvalue weighted by molar-refractivity contribution is 14.1. The summed E-state index contributed by atoms with van der Waals surface area (Å²) in [6.07, 6.45) is 0. The molecule has 0 aliphatic heterocycles. The van der Waals surface area contributed by atoms with Crippen molar-refractivity contribution in [1.82, 2.24) is 10.2 Å². The lowest BCUT2D eigenvalue weighted by molar-refractivity contribution is 0.00718. The van der Waals surface area contributed by atoms with E-state index in [9.17, 15) is 4.79 Å². The van der Waals surface area contributed by atoms with Gasteiger partial charge in [-0.1, -0.05) is 6.07 Å². The molecule has 17 heavy (non-hydrogen) atoms. The van der Waals surface area contributed by atoms with Crippen LogP contribution in [0.2, 0.25) is 0 Å². The van der Waals surface area contributed by atoms with Crippen LogP contribution in [-0.2, 0) is 4.74 Å². The number of carbonyl (C=O) groups excluding carboxylic acids is 1. The Balaban J connectivity index is 2.48. The molecule has 0 aliphatic carbocycles. The molecular formula is C12H13IN2O2. The smallest absolute Gasteiger partial charge is 0.339 e. The molecule has 1 aromatic carbocycles. The molecular weight excluding hydrogens is 331 g/mol. The first-order valence-electron chi connectivity index (χ1n) is 5.24. The van der Waals surface area contributed by atoms with E-state index >= 15 is 0 Å². The van der Waals surface area contributed by atoms with Gasteiger partial charge in [-0.2, -0.15) is 5.10 Å². The van der Waals surface area contributed by atoms with Crippen LogP contribution in [0.4, 0.5) is 0 Å². The second-order valence-corrected chi connectivity index (χ2v) is 5.82. The quantitative estimate of drug-likeness (QED) is 0.639. The van der Waals surface area contributed by atoms with Gasteiger partial charge in [-0.25, -0.2) is 4.79 Å². The molecule has 90 valence electrons. The van der Waals surface area contributed by atoms with Crippen LogP contribution < -0.4 is 0 Å². The van der Waals surface area contributed by atoms with Crippen molar-refractivity contribution in [2.75, 3.05) is 0 Å². The van der Waals surface area contributed by atoms with Gasteiger partial charge in [0.2, 0.25) is 0 Å². The van der Waals surface area contributed by atoms with Gasteiger partial charge in [0.1, 0.15) is 9.30 Å². The predicted octanol–water partition coefficient (Wildman–Crippen LogP) is 3.12. The highest BCUT2D eigenvalue weighted by atomic mass is 127. The van der Waals surface area contributed by atoms with Crippen LogP contribution in [-0.4, -0.2) is 21.8 Å². The molecule has 0 saturated carbocycles. The number of nitrogens with one attached hydrogen (secondary N) is 1. The van der Waals surface area contributed by atoms with Crippen molar-refractivity contribution >= 4 is 39.5 Å². The molecule has 0 amide bonds. The summed E-state index contributed by atoms with van der Waals surface area (Å²) in [6.45, 7) is 5.56. The topological polar surface area (TPSA) is 55.0 Å². The molecule has 0 atom stereocenters. The van der Waals surface area contributed by atoms with Crippen molar-refractivity contribution in [3.63, 3.8) is 0 Å². The van der Waals surface area contributed by atoms with E-state index in [0.29, 0.717) is 5.56 Å². The van der Waals surface area contributed by atoms with Crippen molar-refractivity contribution in [3.8, 4) is 0 Å². The molecule has 0 bridgehead atoms. The molecule has 4 nitrogen and oxygen atoms in total. The zero-order valence-electron chi connectivity index (χ0n) is 9.87. The predicted molar refractivity (Wildman–Crippen MR) is 74.0 cm³/mol. The highest BCUT2D eigenvalue weighted by Gasteiger charge is 2.21. The summed E-state index contributed by atoms with van der Waals surface area (Å²) in [7, 11) is 0. The van der Waals surface area contributed by atoms with Gasteiger partial charge < -0.3 is 4.74 Å². The lowest BCUT2D eigenvalue weighted by Gasteiger charge is -2.19. The van der Waals surface area contributed by atoms with E-state index in [2.05, 4.69) is 32.8 Å². The minimum atomic E-state index is -0.492. The van der Waals surface area contributed by atoms with Crippen molar-refractivity contribution in [1.29, 1.82) is 0 Å². The number of fused-ring (bicyclic) bond motifs is 1. The van der Waals surface area contributed by atoms with E-state index in [4.69, 9.17) is 4.74 Å². The number of aromatic nitrogens is 2. The number of carbonyl (C=O) groups is 1. The SMILES string of the molecule is CC(C)(C)OC(=O)c1cccc2n[nH]c(I)c12. The molecule has 1 heterocycles. The van der Waals surface area contributed by atoms with E-state index in [-0.39, 0.29) is 5.97 Å². The zero-order chi connectivity index (χ0) is 12.6. The molecule has 5 heteroatoms. The van der Waals surface area contributed by atoms with Crippen LogP contribution in [0.15, 0.2) is 18.2 Å². The van der Waals surface area contributed by atoms with Crippen molar-refractivity contribution in [3.05, 3.63) is 27.5 Å². The summed E-state index contributed by atoms with van der Waals surface area (Å²) in [5, 5.41) is 7.80. The first-order valence-corrected chi connectivity index (χ1v) is 6.32. The third kappa shape index (κ3) is 2.59. The Morgan fingerprint density at radius 3 is 2.76 bits per heavy atom. The summed E-state index contributed by atoms with van der Waals surface area (Å²) in [4.78, 5) is 12.1. The Labute approximate surface area is 113 Å². The maximum atomic E-state index is 12.1. The van der Waals surface area contributed by atoms with Gasteiger partial charge in [-0.15, -0.1) is 0 Å². The molecule has 0 saturated heterocycles. The molecule has 0 fully saturated rings. The van der Waals surface area contributed by atoms with Crippen LogP contribution in [0.1, 0.15) is 31.1 Å². The Morgan fingerprint density at radius 1 is 1.41 bits per heavy atom. The number of hydrogen-bond acceptors (Lipinski definition) is 3. The van der Waals surface area contributed by atoms with Gasteiger partial charge in [0.25, 0.3) is 0 Å². The molecule has 0 radical (unpaired) electrons. The number of halogens is 1. The van der Waals surface area contributed by atoms with Crippen molar-refractivity contribution in [2.45, 2.75) is 26.4 Å². The van der Waals surface area contributed by atoms with Crippen LogP contribution in [0, 0.1) is 3.70 Å². The summed E-state index contributed by atoms with van der Waals surface area (Å²) in [5.41, 5.74) is 0.836. The number of benzene rings is 1. The average Bonchev–Trinajstić information content (AvgIpc) is 2.58. The minimum Gasteiger partial charge on any atom is -0.456 e. The van der Waals surface area contributed by atoms with E-state index < -0.39 is 5.60 Å². The van der Waals surface area contributed by atoms with E-state index in [1.54, 1.807) is 12.1 Å². The van der Waals surface area contributed by atoms with Crippen LogP contribution >= 0.6 is 22.6 Å². The van der Waals surface area contributed by atoms with Gasteiger partial charge in [-0.3, -0.25) is 5.10 Å². The first-order chi connectivity index (χ1) is 7.88. The molecule has 1 aromatic heterocycles. The van der Waals surface area contributed by atoms with Crippen LogP contribution in [0.25, 0.3) is 10.9 Å². The lowest BCUT2D eigenvalue weighted by atomic mass is 10.1. The van der Waals surface area contributed by atoms with Crippen molar-refractivity contribution < 1.29 is 9.53 Å². The van der Waals surface area contributed by atoms with Gasteiger partial charge in [0.05, 0.1) is 11.1 Å². The number of esters is 1. The molecule has 2 rings (SSSR count). The second-order valence-electron chi connectivity index (χ2n) is 4.74. The normalized spacial score (nSPS) is 11.8. The molecule has 0 spiro atoms. The fourth-order valence-electron chi connectivity index (χ4n) is 1.53. The molecule has 0 aliphatic rings. The highest BCUT2D eigenvalue weighted by Crippen LogP contribution is 2.24. The minimum absolute atomic E-state index is 0.317. The fraction of sp³-hybridized carbons (Fsp3) is 0.333. The number of hydrogen-bond donors (Lipinski definition) is 1. The van der Waals surface area contributed by atoms with Gasteiger partial charge >= 0.3 is 5.97 Å². The average molecular weight is 344 g/mol. The Morgan fingerprint density at radius 2 is 2.12 bits per heavy atom. The standard InChI is InChI=1S/C12H13IN2O2/c1-12(2,3)17-11(16)7-5-4-6-8-9(7)10(13)15-14-8/h4-6H,1-3H3,(H,14,15). The second kappa shape index (κ2) is 4.29. The van der Waals surface area contributed by atoms with Gasteiger partial charge in [0.15, 0.2) is 0 Å². The number of nitrogens with zero attached hydrogens (tertiary/aromatic N) is 1. The maximum absolute atomic E-state index is 12.1. The van der Waals surface area contributed by atoms with Crippen LogP contribution in [0.5, 0.6) is 0 Å². The Hall–Kier alpha value is -1.11. The third-order valence-electron chi connectivity index (χ3n) is 2.16. The molecule has 2 aromatic rings. The van der Waals surface area contributed by atoms with E-state index in [1.165, 1.54) is 0 Å². The van der Waals surface area contributed by atoms with E-state index in [0.717, 1.165) is 14.6 Å². The fourth-order valence-corrected chi connectivity index (χ4v) is 2.22. The summed E-state index contributed by atoms with van der Waals surface area (Å²) in [6, 6.07) is 5.43. The lowest BCUT2D eigenvalue weighted by Crippen LogP contribution is -2.24. The van der Waals surface area contributed by atoms with Crippen molar-refractivity contribution in [2.24, 2.45) is 0 Å². The summed E-state index contributed by atoms with van der Waals surface area (Å²) < 4.78 is 6.22. The third-order valence-corrected chi connectivity index (χ3v) is 2.94. The largest absolute Gasteiger partial charge is 0.456 e. The molecule has 0 unspecified atom stereocenters. The summed E-state index contributed by atoms with van der Waals surface area (Å²) >= 11 is 2.12. The van der Waals surface area contributed by atoms with Crippen LogP contribution in [0.3, 0.4) is 0 Å². The van der Waals surface area contributed by atoms with Gasteiger partial charge in [0, 0.05) is 5.39 Å². The molecule has 1 N–H and O–H groups in total. The monoisotopic (exact) mass is 344 g/mol. The number of ether oxygens (including phenoxy) is 1.